The number of amides is 1. The van der Waals surface area contributed by atoms with Crippen molar-refractivity contribution in [3.63, 3.8) is 0 Å². The molecule has 0 aliphatic carbocycles. The minimum Gasteiger partial charge on any atom is -0.494 e. The number of aryl methyl sites for hydroxylation is 2. The van der Waals surface area contributed by atoms with Gasteiger partial charge in [0.2, 0.25) is 0 Å². The minimum absolute atomic E-state index is 0.109. The van der Waals surface area contributed by atoms with Crippen LogP contribution in [0.5, 0.6) is 5.75 Å². The number of benzene rings is 3. The molecule has 0 spiro atoms. The number of rotatable bonds is 11. The van der Waals surface area contributed by atoms with E-state index < -0.39 is 22.5 Å². The summed E-state index contributed by atoms with van der Waals surface area (Å²) >= 11 is 0. The molecule has 1 N–H and O–H groups in total. The van der Waals surface area contributed by atoms with E-state index in [1.54, 1.807) is 24.3 Å². The molecule has 35 heavy (non-hydrogen) atoms. The van der Waals surface area contributed by atoms with Gasteiger partial charge in [-0.3, -0.25) is 9.10 Å². The Balaban J connectivity index is 1.73. The predicted molar refractivity (Wildman–Crippen MR) is 139 cm³/mol. The quantitative estimate of drug-likeness (QED) is 0.235. The topological polar surface area (TPSA) is 88.1 Å². The number of hydrogen-bond donors (Lipinski definition) is 1. The molecule has 0 heterocycles. The summed E-state index contributed by atoms with van der Waals surface area (Å²) < 4.78 is 33.6. The molecule has 184 valence electrons. The smallest absolute Gasteiger partial charge is 0.264 e. The van der Waals surface area contributed by atoms with Crippen molar-refractivity contribution >= 4 is 27.8 Å². The van der Waals surface area contributed by atoms with E-state index in [4.69, 9.17) is 4.74 Å². The third-order valence-corrected chi connectivity index (χ3v) is 7.06. The molecule has 0 atom stereocenters. The highest BCUT2D eigenvalue weighted by Gasteiger charge is 2.28. The Labute approximate surface area is 207 Å². The lowest BCUT2D eigenvalue weighted by Gasteiger charge is -2.25. The second kappa shape index (κ2) is 12.2. The first-order valence-corrected chi connectivity index (χ1v) is 12.9. The summed E-state index contributed by atoms with van der Waals surface area (Å²) in [5.74, 6) is 0.218. The molecule has 0 aliphatic rings. The van der Waals surface area contributed by atoms with E-state index in [9.17, 15) is 13.2 Å². The number of unbranched alkanes of at least 4 members (excludes halogenated alkanes) is 1. The first-order valence-electron chi connectivity index (χ1n) is 11.5. The molecule has 1 amide bonds. The molecular weight excluding hydrogens is 462 g/mol. The highest BCUT2D eigenvalue weighted by atomic mass is 32.2. The van der Waals surface area contributed by atoms with Gasteiger partial charge in [-0.05, 0) is 73.9 Å². The lowest BCUT2D eigenvalue weighted by molar-refractivity contribution is -0.119. The van der Waals surface area contributed by atoms with Crippen molar-refractivity contribution in [1.29, 1.82) is 0 Å². The van der Waals surface area contributed by atoms with Gasteiger partial charge < -0.3 is 4.74 Å². The Morgan fingerprint density at radius 1 is 1.03 bits per heavy atom. The maximum absolute atomic E-state index is 13.4. The fourth-order valence-corrected chi connectivity index (χ4v) is 4.94. The number of carbonyl (C=O) groups excluding carboxylic acids is 1. The van der Waals surface area contributed by atoms with Crippen LogP contribution in [0.15, 0.2) is 82.8 Å². The van der Waals surface area contributed by atoms with Gasteiger partial charge in [0, 0.05) is 0 Å². The Hall–Kier alpha value is -3.65. The fourth-order valence-electron chi connectivity index (χ4n) is 3.43. The predicted octanol–water partition coefficient (Wildman–Crippen LogP) is 4.83. The summed E-state index contributed by atoms with van der Waals surface area (Å²) in [6.07, 6.45) is 3.56. The highest BCUT2D eigenvalue weighted by molar-refractivity contribution is 7.92. The van der Waals surface area contributed by atoms with E-state index in [1.807, 2.05) is 50.2 Å². The molecule has 0 saturated carbocycles. The van der Waals surface area contributed by atoms with Crippen LogP contribution in [0.4, 0.5) is 5.69 Å². The van der Waals surface area contributed by atoms with Gasteiger partial charge in [0.05, 0.1) is 23.4 Å². The van der Waals surface area contributed by atoms with Gasteiger partial charge in [0.1, 0.15) is 12.3 Å². The number of ether oxygens (including phenoxy) is 1. The van der Waals surface area contributed by atoms with Crippen LogP contribution in [0.2, 0.25) is 0 Å². The molecule has 3 aromatic carbocycles. The van der Waals surface area contributed by atoms with Gasteiger partial charge >= 0.3 is 0 Å². The van der Waals surface area contributed by atoms with E-state index in [0.29, 0.717) is 12.3 Å². The van der Waals surface area contributed by atoms with Crippen molar-refractivity contribution in [2.45, 2.75) is 38.5 Å². The molecule has 0 bridgehead atoms. The zero-order valence-electron chi connectivity index (χ0n) is 20.3. The average molecular weight is 494 g/mol. The zero-order chi connectivity index (χ0) is 25.3. The van der Waals surface area contributed by atoms with Gasteiger partial charge in [-0.25, -0.2) is 13.8 Å². The highest BCUT2D eigenvalue weighted by Crippen LogP contribution is 2.27. The van der Waals surface area contributed by atoms with E-state index in [1.165, 1.54) is 18.3 Å². The van der Waals surface area contributed by atoms with E-state index >= 15 is 0 Å². The van der Waals surface area contributed by atoms with Crippen molar-refractivity contribution in [3.05, 3.63) is 89.5 Å². The van der Waals surface area contributed by atoms with Crippen molar-refractivity contribution < 1.29 is 17.9 Å². The van der Waals surface area contributed by atoms with Crippen LogP contribution in [0.25, 0.3) is 0 Å². The maximum atomic E-state index is 13.4. The van der Waals surface area contributed by atoms with Crippen molar-refractivity contribution in [3.8, 4) is 5.75 Å². The summed E-state index contributed by atoms with van der Waals surface area (Å²) in [5, 5.41) is 4.00. The Morgan fingerprint density at radius 3 is 2.40 bits per heavy atom. The molecule has 7 nitrogen and oxygen atoms in total. The van der Waals surface area contributed by atoms with Crippen LogP contribution in [0, 0.1) is 13.8 Å². The third-order valence-electron chi connectivity index (χ3n) is 5.29. The average Bonchev–Trinajstić information content (AvgIpc) is 2.84. The molecule has 3 aromatic rings. The zero-order valence-corrected chi connectivity index (χ0v) is 21.1. The van der Waals surface area contributed by atoms with Crippen LogP contribution < -0.4 is 14.5 Å². The Kier molecular flexibility index (Phi) is 9.03. The number of hydrogen-bond acceptors (Lipinski definition) is 5. The maximum Gasteiger partial charge on any atom is 0.264 e. The second-order valence-electron chi connectivity index (χ2n) is 8.18. The Morgan fingerprint density at radius 2 is 1.74 bits per heavy atom. The van der Waals surface area contributed by atoms with Crippen LogP contribution in [0.3, 0.4) is 0 Å². The number of nitrogens with zero attached hydrogens (tertiary/aromatic N) is 2. The van der Waals surface area contributed by atoms with Crippen molar-refractivity contribution in [2.24, 2.45) is 5.10 Å². The van der Waals surface area contributed by atoms with Crippen LogP contribution in [-0.4, -0.2) is 33.7 Å². The monoisotopic (exact) mass is 493 g/mol. The van der Waals surface area contributed by atoms with E-state index in [-0.39, 0.29) is 4.90 Å². The number of nitrogens with one attached hydrogen (secondary N) is 1. The van der Waals surface area contributed by atoms with Gasteiger partial charge in [-0.15, -0.1) is 0 Å². The lowest BCUT2D eigenvalue weighted by Crippen LogP contribution is -2.40. The molecule has 0 aliphatic heterocycles. The molecule has 0 radical (unpaired) electrons. The first-order chi connectivity index (χ1) is 16.8. The summed E-state index contributed by atoms with van der Waals surface area (Å²) in [6, 6.07) is 20.8. The van der Waals surface area contributed by atoms with Crippen LogP contribution in [-0.2, 0) is 14.8 Å². The first kappa shape index (κ1) is 26.0. The van der Waals surface area contributed by atoms with Gasteiger partial charge in [0.15, 0.2) is 0 Å². The lowest BCUT2D eigenvalue weighted by atomic mass is 10.1. The van der Waals surface area contributed by atoms with Crippen molar-refractivity contribution in [1.82, 2.24) is 5.43 Å². The standard InChI is InChI=1S/C27H31N3O4S/c1-4-5-17-34-24-14-12-23(13-15-24)19-28-29-27(31)20-30(26-16-11-21(2)18-22(26)3)35(32,33)25-9-7-6-8-10-25/h6-16,18-19H,4-5,17,20H2,1-3H3,(H,29,31)/b28-19-. The molecule has 8 heteroatoms. The molecule has 0 saturated heterocycles. The summed E-state index contributed by atoms with van der Waals surface area (Å²) in [6.45, 7) is 6.11. The van der Waals surface area contributed by atoms with E-state index in [2.05, 4.69) is 17.5 Å². The van der Waals surface area contributed by atoms with Crippen molar-refractivity contribution in [2.75, 3.05) is 17.5 Å². The minimum atomic E-state index is -3.97. The van der Waals surface area contributed by atoms with Gasteiger partial charge in [-0.1, -0.05) is 49.2 Å². The van der Waals surface area contributed by atoms with Gasteiger partial charge in [-0.2, -0.15) is 5.10 Å². The molecule has 0 aromatic heterocycles. The molecule has 0 fully saturated rings. The number of sulfonamides is 1. The number of anilines is 1. The summed E-state index contributed by atoms with van der Waals surface area (Å²) in [4.78, 5) is 12.8. The summed E-state index contributed by atoms with van der Waals surface area (Å²) in [7, 11) is -3.97. The fraction of sp³-hybridized carbons (Fsp3) is 0.259. The SMILES string of the molecule is CCCCOc1ccc(/C=N\NC(=O)CN(c2ccc(C)cc2C)S(=O)(=O)c2ccccc2)cc1. The normalized spacial score (nSPS) is 11.4. The number of carbonyl (C=O) groups is 1. The largest absolute Gasteiger partial charge is 0.494 e. The van der Waals surface area contributed by atoms with Crippen LogP contribution in [0.1, 0.15) is 36.5 Å². The second-order valence-corrected chi connectivity index (χ2v) is 10.0. The Bertz CT molecular complexity index is 1260. The molecule has 0 unspecified atom stereocenters. The molecule has 3 rings (SSSR count). The number of hydrazone groups is 1. The van der Waals surface area contributed by atoms with Crippen LogP contribution >= 0.6 is 0 Å². The van der Waals surface area contributed by atoms with Gasteiger partial charge in [0.25, 0.3) is 15.9 Å². The van der Waals surface area contributed by atoms with E-state index in [0.717, 1.165) is 39.6 Å². The summed E-state index contributed by atoms with van der Waals surface area (Å²) in [5.41, 5.74) is 5.40. The molecular formula is C27H31N3O4S. The third kappa shape index (κ3) is 7.16.